The minimum Gasteiger partial charge on any atom is -0.497 e. The maximum atomic E-state index is 12.1. The summed E-state index contributed by atoms with van der Waals surface area (Å²) in [5.41, 5.74) is 4.38. The number of allylic oxidation sites excluding steroid dienone is 1. The molecule has 8 heteroatoms. The Kier molecular flexibility index (Phi) is 5.02. The topological polar surface area (TPSA) is 76.1 Å². The van der Waals surface area contributed by atoms with Gasteiger partial charge in [0.1, 0.15) is 15.9 Å². The fraction of sp³-hybridized carbons (Fsp3) is 0.150. The monoisotopic (exact) mass is 412 g/mol. The standard InChI is InChI=1S/C20H17ClN4O2S/c1-11-17(18(25-20(26)23-11)13-5-8-16(21)22-9-13)19-24-15(10-28-19)12-3-6-14(27-2)7-4-12/h3-10,18H,1-2H3,(H2,23,25,26). The third-order valence-electron chi connectivity index (χ3n) is 4.47. The summed E-state index contributed by atoms with van der Waals surface area (Å²) in [6, 6.07) is 10.7. The van der Waals surface area contributed by atoms with Gasteiger partial charge in [0, 0.05) is 28.4 Å². The maximum Gasteiger partial charge on any atom is 0.319 e. The Hall–Kier alpha value is -2.90. The molecule has 1 unspecified atom stereocenters. The molecular formula is C20H17ClN4O2S. The van der Waals surface area contributed by atoms with Gasteiger partial charge in [-0.3, -0.25) is 0 Å². The summed E-state index contributed by atoms with van der Waals surface area (Å²) in [7, 11) is 1.64. The predicted molar refractivity (Wildman–Crippen MR) is 110 cm³/mol. The average Bonchev–Trinajstić information content (AvgIpc) is 3.17. The van der Waals surface area contributed by atoms with E-state index in [1.54, 1.807) is 19.4 Å². The van der Waals surface area contributed by atoms with Crippen molar-refractivity contribution in [3.63, 3.8) is 0 Å². The first kappa shape index (κ1) is 18.5. The first-order valence-electron chi connectivity index (χ1n) is 8.55. The fourth-order valence-corrected chi connectivity index (χ4v) is 4.15. The number of aromatic nitrogens is 2. The molecule has 4 rings (SSSR count). The number of nitrogens with zero attached hydrogens (tertiary/aromatic N) is 2. The largest absolute Gasteiger partial charge is 0.497 e. The fourth-order valence-electron chi connectivity index (χ4n) is 3.08. The van der Waals surface area contributed by atoms with Crippen LogP contribution in [0.4, 0.5) is 4.79 Å². The summed E-state index contributed by atoms with van der Waals surface area (Å²) in [4.78, 5) is 21.0. The van der Waals surface area contributed by atoms with Gasteiger partial charge in [-0.2, -0.15) is 0 Å². The van der Waals surface area contributed by atoms with Crippen LogP contribution in [0.1, 0.15) is 23.5 Å². The highest BCUT2D eigenvalue weighted by Crippen LogP contribution is 2.37. The Bertz CT molecular complexity index is 1040. The number of methoxy groups -OCH3 is 1. The van der Waals surface area contributed by atoms with E-state index >= 15 is 0 Å². The first-order valence-corrected chi connectivity index (χ1v) is 9.81. The number of hydrogen-bond acceptors (Lipinski definition) is 5. The number of carbonyl (C=O) groups excluding carboxylic acids is 1. The minimum absolute atomic E-state index is 0.256. The van der Waals surface area contributed by atoms with Crippen molar-refractivity contribution in [1.29, 1.82) is 0 Å². The summed E-state index contributed by atoms with van der Waals surface area (Å²) in [6.45, 7) is 1.87. The van der Waals surface area contributed by atoms with E-state index in [1.165, 1.54) is 11.3 Å². The number of halogens is 1. The van der Waals surface area contributed by atoms with Gasteiger partial charge < -0.3 is 15.4 Å². The molecule has 142 valence electrons. The highest BCUT2D eigenvalue weighted by molar-refractivity contribution is 7.11. The molecular weight excluding hydrogens is 396 g/mol. The molecule has 0 saturated carbocycles. The normalized spacial score (nSPS) is 16.5. The van der Waals surface area contributed by atoms with Crippen molar-refractivity contribution in [1.82, 2.24) is 20.6 Å². The predicted octanol–water partition coefficient (Wildman–Crippen LogP) is 4.65. The van der Waals surface area contributed by atoms with E-state index in [1.807, 2.05) is 42.6 Å². The second-order valence-electron chi connectivity index (χ2n) is 6.25. The molecule has 3 aromatic rings. The molecule has 0 saturated heterocycles. The van der Waals surface area contributed by atoms with Gasteiger partial charge in [0.05, 0.1) is 18.8 Å². The van der Waals surface area contributed by atoms with Crippen LogP contribution in [0.3, 0.4) is 0 Å². The molecule has 1 atom stereocenters. The molecule has 0 fully saturated rings. The molecule has 2 N–H and O–H groups in total. The lowest BCUT2D eigenvalue weighted by Gasteiger charge is -2.28. The number of nitrogens with one attached hydrogen (secondary N) is 2. The first-order chi connectivity index (χ1) is 13.5. The van der Waals surface area contributed by atoms with E-state index in [0.717, 1.165) is 38.8 Å². The molecule has 6 nitrogen and oxygen atoms in total. The molecule has 1 aliphatic heterocycles. The lowest BCUT2D eigenvalue weighted by molar-refractivity contribution is 0.240. The van der Waals surface area contributed by atoms with Crippen molar-refractivity contribution in [3.05, 3.63) is 69.4 Å². The van der Waals surface area contributed by atoms with E-state index in [9.17, 15) is 4.79 Å². The number of urea groups is 1. The molecule has 0 aliphatic carbocycles. The van der Waals surface area contributed by atoms with Crippen LogP contribution in [0.2, 0.25) is 5.15 Å². The third kappa shape index (κ3) is 3.58. The minimum atomic E-state index is -0.353. The molecule has 3 heterocycles. The molecule has 1 aliphatic rings. The second kappa shape index (κ2) is 7.61. The van der Waals surface area contributed by atoms with Gasteiger partial charge in [0.15, 0.2) is 0 Å². The summed E-state index contributed by atoms with van der Waals surface area (Å²) >= 11 is 7.44. The van der Waals surface area contributed by atoms with Crippen molar-refractivity contribution in [3.8, 4) is 17.0 Å². The SMILES string of the molecule is COc1ccc(-c2csc(C3=C(C)NC(=O)NC3c3ccc(Cl)nc3)n2)cc1. The average molecular weight is 413 g/mol. The summed E-state index contributed by atoms with van der Waals surface area (Å²) in [6.07, 6.45) is 1.67. The Morgan fingerprint density at radius 2 is 1.96 bits per heavy atom. The van der Waals surface area contributed by atoms with Gasteiger partial charge in [-0.15, -0.1) is 11.3 Å². The van der Waals surface area contributed by atoms with E-state index in [0.29, 0.717) is 5.15 Å². The lowest BCUT2D eigenvalue weighted by Crippen LogP contribution is -2.42. The number of thiazole rings is 1. The zero-order valence-corrected chi connectivity index (χ0v) is 16.8. The number of amides is 2. The van der Waals surface area contributed by atoms with Crippen LogP contribution in [0.5, 0.6) is 5.75 Å². The highest BCUT2D eigenvalue weighted by atomic mass is 35.5. The van der Waals surface area contributed by atoms with Gasteiger partial charge in [0.25, 0.3) is 0 Å². The smallest absolute Gasteiger partial charge is 0.319 e. The van der Waals surface area contributed by atoms with Gasteiger partial charge >= 0.3 is 6.03 Å². The van der Waals surface area contributed by atoms with E-state index in [-0.39, 0.29) is 12.1 Å². The molecule has 1 aromatic carbocycles. The lowest BCUT2D eigenvalue weighted by atomic mass is 9.97. The molecule has 28 heavy (non-hydrogen) atoms. The summed E-state index contributed by atoms with van der Waals surface area (Å²) in [5.74, 6) is 0.798. The summed E-state index contributed by atoms with van der Waals surface area (Å²) in [5, 5.41) is 9.03. The molecule has 2 aromatic heterocycles. The van der Waals surface area contributed by atoms with Crippen LogP contribution in [-0.2, 0) is 0 Å². The number of hydrogen-bond donors (Lipinski definition) is 2. The van der Waals surface area contributed by atoms with Crippen LogP contribution < -0.4 is 15.4 Å². The molecule has 0 bridgehead atoms. The van der Waals surface area contributed by atoms with Gasteiger partial charge in [-0.25, -0.2) is 14.8 Å². The van der Waals surface area contributed by atoms with Gasteiger partial charge in [-0.1, -0.05) is 17.7 Å². The van der Waals surface area contributed by atoms with Crippen molar-refractivity contribution in [2.24, 2.45) is 0 Å². The van der Waals surface area contributed by atoms with Gasteiger partial charge in [-0.05, 0) is 42.8 Å². The Morgan fingerprint density at radius 1 is 1.18 bits per heavy atom. The Morgan fingerprint density at radius 3 is 2.64 bits per heavy atom. The number of ether oxygens (including phenoxy) is 1. The van der Waals surface area contributed by atoms with Crippen molar-refractivity contribution >= 4 is 34.5 Å². The number of carbonyl (C=O) groups is 1. The van der Waals surface area contributed by atoms with E-state index < -0.39 is 0 Å². The molecule has 0 radical (unpaired) electrons. The number of pyridine rings is 1. The summed E-state index contributed by atoms with van der Waals surface area (Å²) < 4.78 is 5.21. The van der Waals surface area contributed by atoms with Crippen molar-refractivity contribution in [2.75, 3.05) is 7.11 Å². The zero-order valence-electron chi connectivity index (χ0n) is 15.2. The number of benzene rings is 1. The third-order valence-corrected chi connectivity index (χ3v) is 5.57. The maximum absolute atomic E-state index is 12.1. The Labute approximate surface area is 171 Å². The zero-order chi connectivity index (χ0) is 19.7. The van der Waals surface area contributed by atoms with Gasteiger partial charge in [0.2, 0.25) is 0 Å². The molecule has 0 spiro atoms. The Balaban J connectivity index is 1.72. The number of rotatable bonds is 4. The van der Waals surface area contributed by atoms with Crippen LogP contribution in [-0.4, -0.2) is 23.1 Å². The van der Waals surface area contributed by atoms with Crippen LogP contribution in [0.15, 0.2) is 53.7 Å². The quantitative estimate of drug-likeness (QED) is 0.611. The second-order valence-corrected chi connectivity index (χ2v) is 7.50. The van der Waals surface area contributed by atoms with Crippen LogP contribution >= 0.6 is 22.9 Å². The van der Waals surface area contributed by atoms with E-state index in [2.05, 4.69) is 15.6 Å². The van der Waals surface area contributed by atoms with Crippen molar-refractivity contribution in [2.45, 2.75) is 13.0 Å². The highest BCUT2D eigenvalue weighted by Gasteiger charge is 2.29. The van der Waals surface area contributed by atoms with Crippen LogP contribution in [0, 0.1) is 0 Å². The van der Waals surface area contributed by atoms with E-state index in [4.69, 9.17) is 21.3 Å². The molecule has 2 amide bonds. The van der Waals surface area contributed by atoms with Crippen molar-refractivity contribution < 1.29 is 9.53 Å². The van der Waals surface area contributed by atoms with Crippen LogP contribution in [0.25, 0.3) is 16.8 Å².